The summed E-state index contributed by atoms with van der Waals surface area (Å²) < 4.78 is 12.2. The number of para-hydroxylation sites is 1. The predicted octanol–water partition coefficient (Wildman–Crippen LogP) is 2.48. The van der Waals surface area contributed by atoms with Gasteiger partial charge in [0.25, 0.3) is 5.56 Å². The van der Waals surface area contributed by atoms with Gasteiger partial charge in [0.05, 0.1) is 34.7 Å². The van der Waals surface area contributed by atoms with Gasteiger partial charge in [0.15, 0.2) is 5.60 Å². The number of methoxy groups -OCH3 is 1. The van der Waals surface area contributed by atoms with Gasteiger partial charge < -0.3 is 24.5 Å². The van der Waals surface area contributed by atoms with E-state index < -0.39 is 17.8 Å². The van der Waals surface area contributed by atoms with Crippen molar-refractivity contribution in [2.24, 2.45) is 0 Å². The van der Waals surface area contributed by atoms with E-state index in [1.165, 1.54) is 0 Å². The number of anilines is 1. The Morgan fingerprint density at radius 3 is 2.87 bits per heavy atom. The number of ether oxygens (including phenoxy) is 2. The fraction of sp³-hybridized carbons (Fsp3) is 0.348. The van der Waals surface area contributed by atoms with Gasteiger partial charge in [-0.15, -0.1) is 0 Å². The molecular formula is C23H23N3O5. The first kappa shape index (κ1) is 19.7. The molecular weight excluding hydrogens is 398 g/mol. The molecule has 8 nitrogen and oxygen atoms in total. The monoisotopic (exact) mass is 421 g/mol. The van der Waals surface area contributed by atoms with Gasteiger partial charge in [-0.25, -0.2) is 9.78 Å². The third kappa shape index (κ3) is 2.72. The number of benzene rings is 1. The van der Waals surface area contributed by atoms with E-state index in [0.29, 0.717) is 23.6 Å². The maximum Gasteiger partial charge on any atom is 0.343 e. The maximum atomic E-state index is 13.5. The van der Waals surface area contributed by atoms with Crippen LogP contribution in [0.1, 0.15) is 37.0 Å². The molecule has 0 saturated carbocycles. The molecule has 0 saturated heterocycles. The second kappa shape index (κ2) is 6.90. The Hall–Kier alpha value is -3.23. The number of esters is 1. The van der Waals surface area contributed by atoms with E-state index in [4.69, 9.17) is 14.5 Å². The van der Waals surface area contributed by atoms with E-state index in [1.54, 1.807) is 18.6 Å². The van der Waals surface area contributed by atoms with Crippen molar-refractivity contribution in [3.63, 3.8) is 0 Å². The Labute approximate surface area is 178 Å². The summed E-state index contributed by atoms with van der Waals surface area (Å²) in [6.45, 7) is 3.66. The first-order chi connectivity index (χ1) is 14.9. The molecule has 5 rings (SSSR count). The highest BCUT2D eigenvalue weighted by molar-refractivity contribution is 5.92. The molecule has 8 heteroatoms. The summed E-state index contributed by atoms with van der Waals surface area (Å²) in [5.41, 5.74) is 1.70. The number of aromatic nitrogens is 2. The van der Waals surface area contributed by atoms with E-state index in [1.807, 2.05) is 37.3 Å². The number of nitrogens with zero attached hydrogens (tertiary/aromatic N) is 2. The second-order valence-electron chi connectivity index (χ2n) is 7.97. The molecule has 1 aromatic carbocycles. The number of hydrogen-bond donors (Lipinski definition) is 2. The van der Waals surface area contributed by atoms with Crippen molar-refractivity contribution >= 4 is 22.6 Å². The number of nitrogens with one attached hydrogen (secondary N) is 1. The van der Waals surface area contributed by atoms with Crippen LogP contribution in [0.4, 0.5) is 5.69 Å². The van der Waals surface area contributed by atoms with E-state index in [2.05, 4.69) is 5.32 Å². The average Bonchev–Trinajstić information content (AvgIpc) is 3.15. The molecule has 31 heavy (non-hydrogen) atoms. The fourth-order valence-electron chi connectivity index (χ4n) is 4.50. The minimum atomic E-state index is -1.93. The maximum absolute atomic E-state index is 13.5. The summed E-state index contributed by atoms with van der Waals surface area (Å²) in [5.74, 6) is -0.760. The first-order valence-corrected chi connectivity index (χ1v) is 10.3. The van der Waals surface area contributed by atoms with E-state index in [0.717, 1.165) is 16.5 Å². The minimum Gasteiger partial charge on any atom is -0.458 e. The van der Waals surface area contributed by atoms with Crippen LogP contribution in [0.2, 0.25) is 0 Å². The van der Waals surface area contributed by atoms with Gasteiger partial charge in [-0.1, -0.05) is 25.1 Å². The van der Waals surface area contributed by atoms with Crippen LogP contribution in [-0.2, 0) is 33.0 Å². The minimum absolute atomic E-state index is 0.0653. The molecule has 0 amide bonds. The van der Waals surface area contributed by atoms with Gasteiger partial charge in [-0.3, -0.25) is 4.79 Å². The SMILES string of the molecule is CC[C@@]1(O)C(=O)OCc2c1c(NC(C)OC)c1n(c2=O)Cc2cc3ccccc3nc2-1. The standard InChI is InChI=1S/C23H23N3O5/c1-4-23(29)17-15(11-31-22(23)28)21(27)26-10-14-9-13-7-5-6-8-16(13)25-18(14)20(26)19(17)24-12(2)30-3/h5-9,12,24,29H,4,10-11H2,1-3H3/t12?,23-/m0/s1. The molecule has 2 N–H and O–H groups in total. The molecule has 0 radical (unpaired) electrons. The Morgan fingerprint density at radius 1 is 1.35 bits per heavy atom. The van der Waals surface area contributed by atoms with E-state index in [9.17, 15) is 14.7 Å². The van der Waals surface area contributed by atoms with Crippen LogP contribution in [-0.4, -0.2) is 34.0 Å². The van der Waals surface area contributed by atoms with Crippen LogP contribution < -0.4 is 10.9 Å². The highest BCUT2D eigenvalue weighted by atomic mass is 16.6. The number of carbonyl (C=O) groups excluding carboxylic acids is 1. The van der Waals surface area contributed by atoms with Crippen LogP contribution in [0, 0.1) is 0 Å². The number of fused-ring (bicyclic) bond motifs is 5. The van der Waals surface area contributed by atoms with Gasteiger partial charge >= 0.3 is 5.97 Å². The molecule has 0 bridgehead atoms. The number of aliphatic hydroxyl groups is 1. The summed E-state index contributed by atoms with van der Waals surface area (Å²) in [5, 5.41) is 15.6. The average molecular weight is 421 g/mol. The highest BCUT2D eigenvalue weighted by Crippen LogP contribution is 2.45. The smallest absolute Gasteiger partial charge is 0.343 e. The lowest BCUT2D eigenvalue weighted by atomic mass is 9.84. The van der Waals surface area contributed by atoms with Crippen molar-refractivity contribution in [1.29, 1.82) is 0 Å². The Balaban J connectivity index is 1.88. The highest BCUT2D eigenvalue weighted by Gasteiger charge is 2.48. The van der Waals surface area contributed by atoms with Crippen LogP contribution in [0.5, 0.6) is 0 Å². The normalized spacial score (nSPS) is 20.1. The largest absolute Gasteiger partial charge is 0.458 e. The quantitative estimate of drug-likeness (QED) is 0.385. The van der Waals surface area contributed by atoms with Crippen molar-refractivity contribution in [2.75, 3.05) is 12.4 Å². The molecule has 0 fully saturated rings. The number of rotatable bonds is 4. The van der Waals surface area contributed by atoms with Gasteiger partial charge in [0.2, 0.25) is 0 Å². The topological polar surface area (TPSA) is 103 Å². The lowest BCUT2D eigenvalue weighted by molar-refractivity contribution is -0.172. The Kier molecular flexibility index (Phi) is 4.39. The predicted molar refractivity (Wildman–Crippen MR) is 115 cm³/mol. The number of carbonyl (C=O) groups is 1. The summed E-state index contributed by atoms with van der Waals surface area (Å²) in [6.07, 6.45) is -0.370. The van der Waals surface area contributed by atoms with Crippen LogP contribution in [0.15, 0.2) is 35.1 Å². The Morgan fingerprint density at radius 2 is 2.13 bits per heavy atom. The molecule has 160 valence electrons. The number of pyridine rings is 2. The van der Waals surface area contributed by atoms with E-state index >= 15 is 0 Å². The van der Waals surface area contributed by atoms with Crippen LogP contribution in [0.3, 0.4) is 0 Å². The van der Waals surface area contributed by atoms with Crippen molar-refractivity contribution in [3.8, 4) is 11.4 Å². The number of cyclic esters (lactones) is 1. The molecule has 2 aliphatic heterocycles. The summed E-state index contributed by atoms with van der Waals surface area (Å²) >= 11 is 0. The van der Waals surface area contributed by atoms with Gasteiger partial charge in [-0.2, -0.15) is 0 Å². The number of hydrogen-bond acceptors (Lipinski definition) is 7. The Bertz CT molecular complexity index is 1300. The molecule has 1 unspecified atom stereocenters. The zero-order valence-corrected chi connectivity index (χ0v) is 17.6. The van der Waals surface area contributed by atoms with Crippen LogP contribution in [0.25, 0.3) is 22.3 Å². The molecule has 2 aromatic heterocycles. The van der Waals surface area contributed by atoms with Gasteiger partial charge in [0, 0.05) is 23.6 Å². The van der Waals surface area contributed by atoms with E-state index in [-0.39, 0.29) is 29.7 Å². The lowest BCUT2D eigenvalue weighted by Crippen LogP contribution is -2.45. The zero-order chi connectivity index (χ0) is 21.9. The summed E-state index contributed by atoms with van der Waals surface area (Å²) in [6, 6.07) is 9.78. The van der Waals surface area contributed by atoms with Crippen molar-refractivity contribution in [2.45, 2.75) is 45.2 Å². The molecule has 0 spiro atoms. The van der Waals surface area contributed by atoms with Crippen molar-refractivity contribution in [1.82, 2.24) is 9.55 Å². The summed E-state index contributed by atoms with van der Waals surface area (Å²) in [4.78, 5) is 30.9. The second-order valence-corrected chi connectivity index (χ2v) is 7.97. The fourth-order valence-corrected chi connectivity index (χ4v) is 4.50. The van der Waals surface area contributed by atoms with Crippen molar-refractivity contribution < 1.29 is 19.4 Å². The molecule has 2 aliphatic rings. The first-order valence-electron chi connectivity index (χ1n) is 10.3. The lowest BCUT2D eigenvalue weighted by Gasteiger charge is -2.35. The molecule has 3 aromatic rings. The van der Waals surface area contributed by atoms with Crippen molar-refractivity contribution in [3.05, 3.63) is 57.4 Å². The van der Waals surface area contributed by atoms with Gasteiger partial charge in [-0.05, 0) is 25.5 Å². The summed E-state index contributed by atoms with van der Waals surface area (Å²) in [7, 11) is 1.55. The third-order valence-electron chi connectivity index (χ3n) is 6.23. The van der Waals surface area contributed by atoms with Crippen LogP contribution >= 0.6 is 0 Å². The molecule has 4 heterocycles. The van der Waals surface area contributed by atoms with Gasteiger partial charge in [0.1, 0.15) is 12.8 Å². The zero-order valence-electron chi connectivity index (χ0n) is 17.6. The third-order valence-corrected chi connectivity index (χ3v) is 6.23. The molecule has 2 atom stereocenters. The molecule has 0 aliphatic carbocycles.